The first-order valence-electron chi connectivity index (χ1n) is 7.97. The van der Waals surface area contributed by atoms with Gasteiger partial charge in [-0.1, -0.05) is 20.8 Å². The van der Waals surface area contributed by atoms with Crippen LogP contribution in [0, 0.1) is 0 Å². The van der Waals surface area contributed by atoms with E-state index < -0.39 is 0 Å². The van der Waals surface area contributed by atoms with E-state index in [-0.39, 0.29) is 11.3 Å². The van der Waals surface area contributed by atoms with Gasteiger partial charge >= 0.3 is 0 Å². The Bertz CT molecular complexity index is 567. The number of aromatic nitrogens is 1. The molecule has 1 fully saturated rings. The number of nitrogens with one attached hydrogen (secondary N) is 1. The summed E-state index contributed by atoms with van der Waals surface area (Å²) >= 11 is 1.68. The predicted molar refractivity (Wildman–Crippen MR) is 94.8 cm³/mol. The Labute approximate surface area is 142 Å². The zero-order valence-corrected chi connectivity index (χ0v) is 15.5. The zero-order valence-electron chi connectivity index (χ0n) is 14.7. The molecule has 7 heteroatoms. The van der Waals surface area contributed by atoms with Crippen LogP contribution < -0.4 is 5.32 Å². The molecule has 0 unspecified atom stereocenters. The van der Waals surface area contributed by atoms with Crippen molar-refractivity contribution in [2.45, 2.75) is 39.7 Å². The molecule has 23 heavy (non-hydrogen) atoms. The smallest absolute Gasteiger partial charge is 0.219 e. The minimum atomic E-state index is 0.0828. The molecule has 2 rings (SSSR count). The van der Waals surface area contributed by atoms with E-state index in [1.807, 2.05) is 4.90 Å². The monoisotopic (exact) mass is 337 g/mol. The molecule has 1 aromatic heterocycles. The van der Waals surface area contributed by atoms with Gasteiger partial charge in [0, 0.05) is 50.9 Å². The van der Waals surface area contributed by atoms with Crippen molar-refractivity contribution in [3.05, 3.63) is 16.1 Å². The number of thiazole rings is 1. The molecule has 0 spiro atoms. The Balaban J connectivity index is 1.89. The van der Waals surface area contributed by atoms with Gasteiger partial charge in [0.15, 0.2) is 5.96 Å². The van der Waals surface area contributed by atoms with Gasteiger partial charge in [-0.2, -0.15) is 0 Å². The summed E-state index contributed by atoms with van der Waals surface area (Å²) in [5.74, 6) is 1.02. The second-order valence-corrected chi connectivity index (χ2v) is 7.71. The minimum Gasteiger partial charge on any atom is -0.350 e. The molecule has 0 saturated carbocycles. The maximum Gasteiger partial charge on any atom is 0.219 e. The van der Waals surface area contributed by atoms with Crippen molar-refractivity contribution in [2.75, 3.05) is 33.2 Å². The van der Waals surface area contributed by atoms with Gasteiger partial charge in [0.2, 0.25) is 5.91 Å². The van der Waals surface area contributed by atoms with Gasteiger partial charge in [0.05, 0.1) is 12.2 Å². The van der Waals surface area contributed by atoms with Gasteiger partial charge in [-0.15, -0.1) is 11.3 Å². The highest BCUT2D eigenvalue weighted by Crippen LogP contribution is 2.23. The SMILES string of the molecule is CN=C(NCc1nc(C(C)(C)C)cs1)N1CCN(C(C)=O)CC1. The Morgan fingerprint density at radius 2 is 1.91 bits per heavy atom. The van der Waals surface area contributed by atoms with Crippen molar-refractivity contribution in [2.24, 2.45) is 4.99 Å². The minimum absolute atomic E-state index is 0.0828. The highest BCUT2D eigenvalue weighted by atomic mass is 32.1. The van der Waals surface area contributed by atoms with E-state index in [0.29, 0.717) is 6.54 Å². The summed E-state index contributed by atoms with van der Waals surface area (Å²) in [4.78, 5) is 24.5. The van der Waals surface area contributed by atoms with E-state index in [0.717, 1.165) is 42.8 Å². The Morgan fingerprint density at radius 3 is 2.39 bits per heavy atom. The third kappa shape index (κ3) is 4.67. The number of nitrogens with zero attached hydrogens (tertiary/aromatic N) is 4. The number of rotatable bonds is 2. The van der Waals surface area contributed by atoms with Crippen LogP contribution >= 0.6 is 11.3 Å². The molecule has 1 amide bonds. The Hall–Kier alpha value is -1.63. The maximum absolute atomic E-state index is 11.4. The van der Waals surface area contributed by atoms with Crippen LogP contribution in [0.1, 0.15) is 38.4 Å². The molecule has 0 radical (unpaired) electrons. The van der Waals surface area contributed by atoms with Crippen LogP contribution in [-0.2, 0) is 16.8 Å². The lowest BCUT2D eigenvalue weighted by molar-refractivity contribution is -0.130. The molecule has 1 aliphatic heterocycles. The van der Waals surface area contributed by atoms with Crippen LogP contribution in [0.5, 0.6) is 0 Å². The molecule has 0 aromatic carbocycles. The van der Waals surface area contributed by atoms with E-state index in [9.17, 15) is 4.79 Å². The highest BCUT2D eigenvalue weighted by molar-refractivity contribution is 7.09. The number of carbonyl (C=O) groups excluding carboxylic acids is 1. The number of aliphatic imine (C=N–C) groups is 1. The average Bonchev–Trinajstić information content (AvgIpc) is 2.97. The van der Waals surface area contributed by atoms with Gasteiger partial charge in [-0.25, -0.2) is 4.98 Å². The van der Waals surface area contributed by atoms with E-state index in [2.05, 4.69) is 41.4 Å². The zero-order chi connectivity index (χ0) is 17.0. The first kappa shape index (κ1) is 17.7. The number of hydrogen-bond donors (Lipinski definition) is 1. The van der Waals surface area contributed by atoms with Gasteiger partial charge in [0.1, 0.15) is 5.01 Å². The number of hydrogen-bond acceptors (Lipinski definition) is 4. The number of piperazine rings is 1. The summed E-state index contributed by atoms with van der Waals surface area (Å²) in [6, 6.07) is 0. The van der Waals surface area contributed by atoms with Crippen LogP contribution in [0.15, 0.2) is 10.4 Å². The van der Waals surface area contributed by atoms with E-state index in [1.54, 1.807) is 25.3 Å². The molecule has 128 valence electrons. The fraction of sp³-hybridized carbons (Fsp3) is 0.688. The highest BCUT2D eigenvalue weighted by Gasteiger charge is 2.21. The first-order valence-corrected chi connectivity index (χ1v) is 8.85. The van der Waals surface area contributed by atoms with Crippen molar-refractivity contribution in [3.8, 4) is 0 Å². The molecule has 6 nitrogen and oxygen atoms in total. The van der Waals surface area contributed by atoms with Gasteiger partial charge in [-0.3, -0.25) is 9.79 Å². The lowest BCUT2D eigenvalue weighted by Crippen LogP contribution is -2.53. The Kier molecular flexibility index (Phi) is 5.62. The van der Waals surface area contributed by atoms with Crippen LogP contribution in [0.2, 0.25) is 0 Å². The molecule has 0 atom stereocenters. The summed E-state index contributed by atoms with van der Waals surface area (Å²) in [7, 11) is 1.79. The summed E-state index contributed by atoms with van der Waals surface area (Å²) in [5.41, 5.74) is 1.21. The summed E-state index contributed by atoms with van der Waals surface area (Å²) in [5, 5.41) is 6.58. The van der Waals surface area contributed by atoms with Crippen molar-refractivity contribution >= 4 is 23.2 Å². The second kappa shape index (κ2) is 7.29. The third-order valence-electron chi connectivity index (χ3n) is 3.95. The molecular weight excluding hydrogens is 310 g/mol. The molecule has 1 N–H and O–H groups in total. The second-order valence-electron chi connectivity index (χ2n) is 6.77. The fourth-order valence-electron chi connectivity index (χ4n) is 2.46. The van der Waals surface area contributed by atoms with Crippen molar-refractivity contribution in [1.82, 2.24) is 20.1 Å². The predicted octanol–water partition coefficient (Wildman–Crippen LogP) is 1.68. The molecule has 0 aliphatic carbocycles. The molecule has 1 aliphatic rings. The van der Waals surface area contributed by atoms with E-state index >= 15 is 0 Å². The summed E-state index contributed by atoms with van der Waals surface area (Å²) < 4.78 is 0. The molecule has 1 aromatic rings. The third-order valence-corrected chi connectivity index (χ3v) is 4.80. The van der Waals surface area contributed by atoms with Crippen LogP contribution in [0.3, 0.4) is 0 Å². The van der Waals surface area contributed by atoms with E-state index in [4.69, 9.17) is 4.98 Å². The quantitative estimate of drug-likeness (QED) is 0.659. The van der Waals surface area contributed by atoms with Crippen LogP contribution in [-0.4, -0.2) is 59.9 Å². The van der Waals surface area contributed by atoms with Crippen molar-refractivity contribution in [1.29, 1.82) is 0 Å². The number of amides is 1. The molecule has 0 bridgehead atoms. The first-order chi connectivity index (χ1) is 10.8. The Morgan fingerprint density at radius 1 is 1.30 bits per heavy atom. The lowest BCUT2D eigenvalue weighted by atomic mass is 9.93. The standard InChI is InChI=1S/C16H27N5OS/c1-12(22)20-6-8-21(9-7-20)15(17-5)18-10-14-19-13(11-23-14)16(2,3)4/h11H,6-10H2,1-5H3,(H,17,18). The maximum atomic E-state index is 11.4. The van der Waals surface area contributed by atoms with Crippen LogP contribution in [0.4, 0.5) is 0 Å². The topological polar surface area (TPSA) is 60.8 Å². The molecular formula is C16H27N5OS. The molecule has 1 saturated heterocycles. The van der Waals surface area contributed by atoms with Gasteiger partial charge < -0.3 is 15.1 Å². The molecule has 2 heterocycles. The van der Waals surface area contributed by atoms with Crippen LogP contribution in [0.25, 0.3) is 0 Å². The van der Waals surface area contributed by atoms with Crippen molar-refractivity contribution < 1.29 is 4.79 Å². The fourth-order valence-corrected chi connectivity index (χ4v) is 3.42. The normalized spacial score (nSPS) is 16.7. The van der Waals surface area contributed by atoms with Crippen molar-refractivity contribution in [3.63, 3.8) is 0 Å². The summed E-state index contributed by atoms with van der Waals surface area (Å²) in [6.07, 6.45) is 0. The largest absolute Gasteiger partial charge is 0.350 e. The van der Waals surface area contributed by atoms with Gasteiger partial charge in [-0.05, 0) is 0 Å². The number of guanidine groups is 1. The summed E-state index contributed by atoms with van der Waals surface area (Å²) in [6.45, 7) is 11.9. The van der Waals surface area contributed by atoms with E-state index in [1.165, 1.54) is 0 Å². The lowest BCUT2D eigenvalue weighted by Gasteiger charge is -2.36. The average molecular weight is 337 g/mol. The number of carbonyl (C=O) groups is 1. The van der Waals surface area contributed by atoms with Gasteiger partial charge in [0.25, 0.3) is 0 Å².